The number of nitrogens with two attached hydrogens (primary N) is 1. The van der Waals surface area contributed by atoms with E-state index in [4.69, 9.17) is 10.8 Å². The number of aliphatic hydroxyl groups excluding tert-OH is 1. The van der Waals surface area contributed by atoms with Gasteiger partial charge in [0.1, 0.15) is 6.04 Å². The predicted octanol–water partition coefficient (Wildman–Crippen LogP) is 0.183. The zero-order valence-corrected chi connectivity index (χ0v) is 8.68. The summed E-state index contributed by atoms with van der Waals surface area (Å²) in [5, 5.41) is 11.6. The third-order valence-corrected chi connectivity index (χ3v) is 2.01. The monoisotopic (exact) mass is 208 g/mol. The molecule has 1 aromatic carbocycles. The van der Waals surface area contributed by atoms with Crippen LogP contribution in [0.3, 0.4) is 0 Å². The van der Waals surface area contributed by atoms with Crippen LogP contribution in [0.4, 0.5) is 0 Å². The van der Waals surface area contributed by atoms with E-state index >= 15 is 0 Å². The van der Waals surface area contributed by atoms with Crippen molar-refractivity contribution in [3.05, 3.63) is 35.9 Å². The van der Waals surface area contributed by atoms with E-state index in [2.05, 4.69) is 5.32 Å². The largest absolute Gasteiger partial charge is 0.392 e. The summed E-state index contributed by atoms with van der Waals surface area (Å²) >= 11 is 0. The molecule has 0 aromatic heterocycles. The van der Waals surface area contributed by atoms with Gasteiger partial charge in [0.05, 0.1) is 6.10 Å². The summed E-state index contributed by atoms with van der Waals surface area (Å²) in [6.07, 6.45) is -0.558. The first-order valence-corrected chi connectivity index (χ1v) is 4.87. The van der Waals surface area contributed by atoms with Crippen molar-refractivity contribution in [2.24, 2.45) is 5.73 Å². The second-order valence-corrected chi connectivity index (χ2v) is 3.48. The molecule has 2 atom stereocenters. The van der Waals surface area contributed by atoms with Crippen LogP contribution in [-0.4, -0.2) is 23.7 Å². The molecule has 15 heavy (non-hydrogen) atoms. The standard InChI is InChI=1S/C11H16N2O2/c1-8(14)7-13-11(15)10(12)9-5-3-2-4-6-9/h2-6,8,10,14H,7,12H2,1H3,(H,13,15)/t8-,10?/m0/s1. The number of carbonyl (C=O) groups excluding carboxylic acids is 1. The van der Waals surface area contributed by atoms with Crippen LogP contribution in [0.2, 0.25) is 0 Å². The normalized spacial score (nSPS) is 14.3. The summed E-state index contributed by atoms with van der Waals surface area (Å²) < 4.78 is 0. The fourth-order valence-electron chi connectivity index (χ4n) is 1.17. The van der Waals surface area contributed by atoms with Gasteiger partial charge in [-0.15, -0.1) is 0 Å². The van der Waals surface area contributed by atoms with Crippen LogP contribution in [0.5, 0.6) is 0 Å². The molecule has 4 nitrogen and oxygen atoms in total. The van der Waals surface area contributed by atoms with E-state index in [-0.39, 0.29) is 12.5 Å². The van der Waals surface area contributed by atoms with Gasteiger partial charge in [-0.1, -0.05) is 30.3 Å². The van der Waals surface area contributed by atoms with Gasteiger partial charge in [0.25, 0.3) is 0 Å². The number of nitrogens with one attached hydrogen (secondary N) is 1. The van der Waals surface area contributed by atoms with Crippen molar-refractivity contribution in [1.82, 2.24) is 5.32 Å². The Kier molecular flexibility index (Phi) is 4.27. The minimum atomic E-state index is -0.676. The maximum Gasteiger partial charge on any atom is 0.241 e. The van der Waals surface area contributed by atoms with Crippen molar-refractivity contribution in [2.75, 3.05) is 6.54 Å². The topological polar surface area (TPSA) is 75.3 Å². The highest BCUT2D eigenvalue weighted by molar-refractivity contribution is 5.82. The summed E-state index contributed by atoms with van der Waals surface area (Å²) in [4.78, 5) is 11.5. The van der Waals surface area contributed by atoms with E-state index in [1.165, 1.54) is 0 Å². The van der Waals surface area contributed by atoms with Crippen LogP contribution in [0.1, 0.15) is 18.5 Å². The van der Waals surface area contributed by atoms with Crippen molar-refractivity contribution in [1.29, 1.82) is 0 Å². The summed E-state index contributed by atoms with van der Waals surface area (Å²) in [7, 11) is 0. The van der Waals surface area contributed by atoms with E-state index < -0.39 is 12.1 Å². The lowest BCUT2D eigenvalue weighted by Crippen LogP contribution is -2.37. The Bertz CT molecular complexity index is 312. The number of hydrogen-bond acceptors (Lipinski definition) is 3. The minimum absolute atomic E-state index is 0.222. The summed E-state index contributed by atoms with van der Waals surface area (Å²) in [6, 6.07) is 8.45. The average molecular weight is 208 g/mol. The van der Waals surface area contributed by atoms with Crippen molar-refractivity contribution >= 4 is 5.91 Å². The smallest absolute Gasteiger partial charge is 0.241 e. The van der Waals surface area contributed by atoms with Crippen molar-refractivity contribution in [3.63, 3.8) is 0 Å². The highest BCUT2D eigenvalue weighted by atomic mass is 16.3. The van der Waals surface area contributed by atoms with Gasteiger partial charge in [0.2, 0.25) is 5.91 Å². The molecular formula is C11H16N2O2. The molecule has 0 spiro atoms. The molecule has 0 fully saturated rings. The molecule has 0 aliphatic carbocycles. The molecule has 1 amide bonds. The summed E-state index contributed by atoms with van der Waals surface area (Å²) in [6.45, 7) is 1.83. The maximum atomic E-state index is 11.5. The molecule has 0 aliphatic heterocycles. The number of amides is 1. The number of hydrogen-bond donors (Lipinski definition) is 3. The minimum Gasteiger partial charge on any atom is -0.392 e. The van der Waals surface area contributed by atoms with E-state index in [1.54, 1.807) is 19.1 Å². The van der Waals surface area contributed by atoms with Gasteiger partial charge >= 0.3 is 0 Å². The van der Waals surface area contributed by atoms with Crippen molar-refractivity contribution < 1.29 is 9.90 Å². The Balaban J connectivity index is 2.54. The molecule has 82 valence electrons. The van der Waals surface area contributed by atoms with Crippen molar-refractivity contribution in [3.8, 4) is 0 Å². The second-order valence-electron chi connectivity index (χ2n) is 3.48. The Morgan fingerprint density at radius 2 is 2.07 bits per heavy atom. The number of rotatable bonds is 4. The molecule has 1 rings (SSSR count). The van der Waals surface area contributed by atoms with Gasteiger partial charge in [-0.25, -0.2) is 0 Å². The quantitative estimate of drug-likeness (QED) is 0.661. The molecule has 0 aliphatic rings. The second kappa shape index (κ2) is 5.48. The lowest BCUT2D eigenvalue weighted by Gasteiger charge is -2.13. The third kappa shape index (κ3) is 3.69. The highest BCUT2D eigenvalue weighted by Crippen LogP contribution is 2.08. The van der Waals surface area contributed by atoms with Crippen LogP contribution >= 0.6 is 0 Å². The van der Waals surface area contributed by atoms with Crippen LogP contribution in [0.25, 0.3) is 0 Å². The van der Waals surface area contributed by atoms with Crippen LogP contribution in [-0.2, 0) is 4.79 Å². The Labute approximate surface area is 89.1 Å². The predicted molar refractivity (Wildman–Crippen MR) is 58.1 cm³/mol. The van der Waals surface area contributed by atoms with Gasteiger partial charge in [-0.3, -0.25) is 4.79 Å². The fraction of sp³-hybridized carbons (Fsp3) is 0.364. The first-order valence-electron chi connectivity index (χ1n) is 4.87. The van der Waals surface area contributed by atoms with Crippen LogP contribution < -0.4 is 11.1 Å². The maximum absolute atomic E-state index is 11.5. The zero-order chi connectivity index (χ0) is 11.3. The molecule has 4 heteroatoms. The molecule has 0 radical (unpaired) electrons. The number of benzene rings is 1. The van der Waals surface area contributed by atoms with E-state index in [0.29, 0.717) is 0 Å². The van der Waals surface area contributed by atoms with E-state index in [0.717, 1.165) is 5.56 Å². The SMILES string of the molecule is C[C@H](O)CNC(=O)C(N)c1ccccc1. The van der Waals surface area contributed by atoms with Gasteiger partial charge in [-0.05, 0) is 12.5 Å². The lowest BCUT2D eigenvalue weighted by molar-refractivity contribution is -0.122. The average Bonchev–Trinajstić information content (AvgIpc) is 2.26. The van der Waals surface area contributed by atoms with Gasteiger partial charge in [0, 0.05) is 6.54 Å². The third-order valence-electron chi connectivity index (χ3n) is 2.01. The molecule has 0 saturated carbocycles. The molecule has 0 bridgehead atoms. The summed E-state index contributed by atoms with van der Waals surface area (Å²) in [5.74, 6) is -0.276. The lowest BCUT2D eigenvalue weighted by atomic mass is 10.1. The molecule has 4 N–H and O–H groups in total. The first kappa shape index (κ1) is 11.7. The molecular weight excluding hydrogens is 192 g/mol. The van der Waals surface area contributed by atoms with E-state index in [1.807, 2.05) is 18.2 Å². The fourth-order valence-corrected chi connectivity index (χ4v) is 1.17. The molecule has 0 saturated heterocycles. The molecule has 0 heterocycles. The van der Waals surface area contributed by atoms with Crippen LogP contribution in [0.15, 0.2) is 30.3 Å². The van der Waals surface area contributed by atoms with Crippen LogP contribution in [0, 0.1) is 0 Å². The van der Waals surface area contributed by atoms with Gasteiger partial charge in [0.15, 0.2) is 0 Å². The Morgan fingerprint density at radius 1 is 1.47 bits per heavy atom. The zero-order valence-electron chi connectivity index (χ0n) is 8.68. The molecule has 1 unspecified atom stereocenters. The number of carbonyl (C=O) groups is 1. The first-order chi connectivity index (χ1) is 7.11. The highest BCUT2D eigenvalue weighted by Gasteiger charge is 2.14. The Hall–Kier alpha value is -1.39. The summed E-state index contributed by atoms with van der Waals surface area (Å²) in [5.41, 5.74) is 6.50. The molecule has 1 aromatic rings. The van der Waals surface area contributed by atoms with E-state index in [9.17, 15) is 4.79 Å². The van der Waals surface area contributed by atoms with Gasteiger partial charge in [-0.2, -0.15) is 0 Å². The van der Waals surface area contributed by atoms with Gasteiger partial charge < -0.3 is 16.2 Å². The van der Waals surface area contributed by atoms with Crippen molar-refractivity contribution in [2.45, 2.75) is 19.1 Å². The Morgan fingerprint density at radius 3 is 2.60 bits per heavy atom. The number of aliphatic hydroxyl groups is 1.